The number of hydrogen-bond acceptors (Lipinski definition) is 4. The predicted octanol–water partition coefficient (Wildman–Crippen LogP) is 0.845. The molecule has 1 aromatic rings. The first kappa shape index (κ1) is 15.9. The first-order valence-electron chi connectivity index (χ1n) is 7.13. The van der Waals surface area contributed by atoms with E-state index in [0.29, 0.717) is 5.75 Å². The fourth-order valence-electron chi connectivity index (χ4n) is 2.45. The van der Waals surface area contributed by atoms with E-state index in [1.807, 2.05) is 30.3 Å². The van der Waals surface area contributed by atoms with Crippen molar-refractivity contribution in [1.82, 2.24) is 10.2 Å². The largest absolute Gasteiger partial charge is 0.368 e. The zero-order valence-corrected chi connectivity index (χ0v) is 12.8. The highest BCUT2D eigenvalue weighted by Gasteiger charge is 2.26. The van der Waals surface area contributed by atoms with Gasteiger partial charge in [0.1, 0.15) is 0 Å². The summed E-state index contributed by atoms with van der Waals surface area (Å²) >= 11 is 1.49. The second kappa shape index (κ2) is 8.05. The van der Waals surface area contributed by atoms with Crippen LogP contribution in [0.5, 0.6) is 0 Å². The van der Waals surface area contributed by atoms with Crippen LogP contribution in [0.3, 0.4) is 0 Å². The zero-order valence-electron chi connectivity index (χ0n) is 12.0. The summed E-state index contributed by atoms with van der Waals surface area (Å²) in [6, 6.07) is 9.89. The van der Waals surface area contributed by atoms with E-state index in [0.717, 1.165) is 30.8 Å². The SMILES string of the molecule is NC(=O)CN(C(=O)CSc1ccccc1)C1CCNCC1. The van der Waals surface area contributed by atoms with Crippen molar-refractivity contribution in [1.29, 1.82) is 0 Å². The van der Waals surface area contributed by atoms with E-state index in [9.17, 15) is 9.59 Å². The molecule has 1 aliphatic rings. The van der Waals surface area contributed by atoms with Crippen LogP contribution in [0.4, 0.5) is 0 Å². The molecule has 6 heteroatoms. The van der Waals surface area contributed by atoms with E-state index < -0.39 is 5.91 Å². The monoisotopic (exact) mass is 307 g/mol. The summed E-state index contributed by atoms with van der Waals surface area (Å²) in [6.45, 7) is 1.76. The third kappa shape index (κ3) is 5.06. The molecule has 0 unspecified atom stereocenters. The number of carbonyl (C=O) groups is 2. The van der Waals surface area contributed by atoms with E-state index in [4.69, 9.17) is 5.73 Å². The quantitative estimate of drug-likeness (QED) is 0.764. The van der Waals surface area contributed by atoms with E-state index in [-0.39, 0.29) is 18.5 Å². The number of nitrogens with one attached hydrogen (secondary N) is 1. The fourth-order valence-corrected chi connectivity index (χ4v) is 3.26. The maximum absolute atomic E-state index is 12.4. The summed E-state index contributed by atoms with van der Waals surface area (Å²) < 4.78 is 0. The van der Waals surface area contributed by atoms with Gasteiger partial charge in [-0.2, -0.15) is 0 Å². The molecule has 0 aliphatic carbocycles. The number of carbonyl (C=O) groups excluding carboxylic acids is 2. The molecule has 2 amide bonds. The molecular weight excluding hydrogens is 286 g/mol. The van der Waals surface area contributed by atoms with Crippen LogP contribution in [0.15, 0.2) is 35.2 Å². The Morgan fingerprint density at radius 1 is 1.24 bits per heavy atom. The molecule has 0 aromatic heterocycles. The summed E-state index contributed by atoms with van der Waals surface area (Å²) in [5.41, 5.74) is 5.29. The Balaban J connectivity index is 1.94. The average Bonchev–Trinajstić information content (AvgIpc) is 2.52. The average molecular weight is 307 g/mol. The van der Waals surface area contributed by atoms with Gasteiger partial charge in [0, 0.05) is 10.9 Å². The van der Waals surface area contributed by atoms with Crippen molar-refractivity contribution in [3.63, 3.8) is 0 Å². The molecule has 21 heavy (non-hydrogen) atoms. The molecule has 0 saturated carbocycles. The molecule has 1 heterocycles. The van der Waals surface area contributed by atoms with Crippen molar-refractivity contribution in [2.24, 2.45) is 5.73 Å². The number of amides is 2. The molecule has 1 aromatic carbocycles. The molecule has 0 bridgehead atoms. The minimum absolute atomic E-state index is 0.0127. The number of nitrogens with zero attached hydrogens (tertiary/aromatic N) is 1. The van der Waals surface area contributed by atoms with Crippen LogP contribution in [-0.4, -0.2) is 48.1 Å². The number of benzene rings is 1. The molecular formula is C15H21N3O2S. The second-order valence-electron chi connectivity index (χ2n) is 5.07. The number of thioether (sulfide) groups is 1. The van der Waals surface area contributed by atoms with Crippen molar-refractivity contribution in [2.75, 3.05) is 25.4 Å². The molecule has 0 atom stereocenters. The van der Waals surface area contributed by atoms with Gasteiger partial charge in [0.15, 0.2) is 0 Å². The molecule has 0 radical (unpaired) electrons. The van der Waals surface area contributed by atoms with Crippen LogP contribution in [0.25, 0.3) is 0 Å². The highest BCUT2D eigenvalue weighted by molar-refractivity contribution is 8.00. The zero-order chi connectivity index (χ0) is 15.1. The Bertz CT molecular complexity index is 475. The Labute approximate surface area is 129 Å². The van der Waals surface area contributed by atoms with E-state index >= 15 is 0 Å². The van der Waals surface area contributed by atoms with E-state index in [1.54, 1.807) is 4.90 Å². The molecule has 1 aliphatic heterocycles. The highest BCUT2D eigenvalue weighted by atomic mass is 32.2. The van der Waals surface area contributed by atoms with Gasteiger partial charge in [-0.15, -0.1) is 11.8 Å². The maximum atomic E-state index is 12.4. The number of hydrogen-bond donors (Lipinski definition) is 2. The van der Waals surface area contributed by atoms with Crippen molar-refractivity contribution in [3.8, 4) is 0 Å². The normalized spacial score (nSPS) is 15.6. The fraction of sp³-hybridized carbons (Fsp3) is 0.467. The van der Waals surface area contributed by atoms with Gasteiger partial charge < -0.3 is 16.0 Å². The summed E-state index contributed by atoms with van der Waals surface area (Å²) in [4.78, 5) is 26.4. The van der Waals surface area contributed by atoms with Crippen molar-refractivity contribution >= 4 is 23.6 Å². The lowest BCUT2D eigenvalue weighted by Crippen LogP contribution is -2.49. The van der Waals surface area contributed by atoms with Crippen LogP contribution in [0.2, 0.25) is 0 Å². The molecule has 1 fully saturated rings. The van der Waals surface area contributed by atoms with Gasteiger partial charge in [-0.1, -0.05) is 18.2 Å². The lowest BCUT2D eigenvalue weighted by atomic mass is 10.0. The van der Waals surface area contributed by atoms with Gasteiger partial charge in [-0.05, 0) is 38.1 Å². The number of piperidine rings is 1. The van der Waals surface area contributed by atoms with Crippen molar-refractivity contribution < 1.29 is 9.59 Å². The van der Waals surface area contributed by atoms with Gasteiger partial charge in [0.25, 0.3) is 0 Å². The van der Waals surface area contributed by atoms with Crippen LogP contribution in [-0.2, 0) is 9.59 Å². The maximum Gasteiger partial charge on any atom is 0.237 e. The molecule has 114 valence electrons. The van der Waals surface area contributed by atoms with Gasteiger partial charge in [-0.25, -0.2) is 0 Å². The summed E-state index contributed by atoms with van der Waals surface area (Å²) in [6.07, 6.45) is 1.74. The summed E-state index contributed by atoms with van der Waals surface area (Å²) in [5, 5.41) is 3.26. The van der Waals surface area contributed by atoms with Gasteiger partial charge in [-0.3, -0.25) is 9.59 Å². The molecule has 0 spiro atoms. The standard InChI is InChI=1S/C15H21N3O2S/c16-14(19)10-18(12-6-8-17-9-7-12)15(20)11-21-13-4-2-1-3-5-13/h1-5,12,17H,6-11H2,(H2,16,19). The smallest absolute Gasteiger partial charge is 0.237 e. The van der Waals surface area contributed by atoms with Crippen LogP contribution >= 0.6 is 11.8 Å². The van der Waals surface area contributed by atoms with Crippen LogP contribution in [0, 0.1) is 0 Å². The van der Waals surface area contributed by atoms with Gasteiger partial charge >= 0.3 is 0 Å². The third-order valence-electron chi connectivity index (χ3n) is 3.50. The molecule has 3 N–H and O–H groups in total. The number of nitrogens with two attached hydrogens (primary N) is 1. The van der Waals surface area contributed by atoms with Gasteiger partial charge in [0.05, 0.1) is 12.3 Å². The van der Waals surface area contributed by atoms with Crippen LogP contribution < -0.4 is 11.1 Å². The number of primary amides is 1. The Morgan fingerprint density at radius 2 is 1.90 bits per heavy atom. The predicted molar refractivity (Wildman–Crippen MR) is 84.0 cm³/mol. The summed E-state index contributed by atoms with van der Waals surface area (Å²) in [5.74, 6) is -0.137. The van der Waals surface area contributed by atoms with Crippen LogP contribution in [0.1, 0.15) is 12.8 Å². The van der Waals surface area contributed by atoms with Crippen molar-refractivity contribution in [3.05, 3.63) is 30.3 Å². The summed E-state index contributed by atoms with van der Waals surface area (Å²) in [7, 11) is 0. The van der Waals surface area contributed by atoms with E-state index in [1.165, 1.54) is 11.8 Å². The lowest BCUT2D eigenvalue weighted by Gasteiger charge is -2.33. The molecule has 5 nitrogen and oxygen atoms in total. The third-order valence-corrected chi connectivity index (χ3v) is 4.50. The Hall–Kier alpha value is -1.53. The highest BCUT2D eigenvalue weighted by Crippen LogP contribution is 2.19. The topological polar surface area (TPSA) is 75.4 Å². The first-order valence-corrected chi connectivity index (χ1v) is 8.11. The Morgan fingerprint density at radius 3 is 2.52 bits per heavy atom. The van der Waals surface area contributed by atoms with Gasteiger partial charge in [0.2, 0.25) is 11.8 Å². The first-order chi connectivity index (χ1) is 10.2. The minimum atomic E-state index is -0.452. The number of rotatable bonds is 6. The lowest BCUT2D eigenvalue weighted by molar-refractivity contribution is -0.135. The van der Waals surface area contributed by atoms with E-state index in [2.05, 4.69) is 5.32 Å². The van der Waals surface area contributed by atoms with Crippen molar-refractivity contribution in [2.45, 2.75) is 23.8 Å². The second-order valence-corrected chi connectivity index (χ2v) is 6.12. The molecule has 1 saturated heterocycles. The Kier molecular flexibility index (Phi) is 6.07. The minimum Gasteiger partial charge on any atom is -0.368 e. The molecule has 2 rings (SSSR count).